The molecule has 0 aliphatic carbocycles. The fourth-order valence-electron chi connectivity index (χ4n) is 2.98. The predicted octanol–water partition coefficient (Wildman–Crippen LogP) is 6.02. The number of hydrogen-bond acceptors (Lipinski definition) is 3. The zero-order chi connectivity index (χ0) is 22.4. The summed E-state index contributed by atoms with van der Waals surface area (Å²) in [7, 11) is 0. The van der Waals surface area contributed by atoms with E-state index < -0.39 is 0 Å². The summed E-state index contributed by atoms with van der Waals surface area (Å²) in [5, 5.41) is 5.64. The Morgan fingerprint density at radius 3 is 2.10 bits per heavy atom. The Kier molecular flexibility index (Phi) is 7.13. The van der Waals surface area contributed by atoms with E-state index in [0.29, 0.717) is 22.7 Å². The number of anilines is 2. The number of nitrogens with one attached hydrogen (secondary N) is 2. The van der Waals surface area contributed by atoms with E-state index in [1.54, 1.807) is 36.4 Å². The van der Waals surface area contributed by atoms with E-state index >= 15 is 0 Å². The Labute approximate surface area is 191 Å². The number of carbonyl (C=O) groups excluding carboxylic acids is 2. The summed E-state index contributed by atoms with van der Waals surface area (Å²) < 4.78 is 6.75. The quantitative estimate of drug-likeness (QED) is 0.453. The highest BCUT2D eigenvalue weighted by atomic mass is 79.9. The van der Waals surface area contributed by atoms with Crippen LogP contribution in [0.4, 0.5) is 11.4 Å². The third-order valence-corrected chi connectivity index (χ3v) is 5.06. The van der Waals surface area contributed by atoms with Crippen molar-refractivity contribution in [2.75, 3.05) is 17.2 Å². The Balaban J connectivity index is 1.56. The molecule has 0 fully saturated rings. The van der Waals surface area contributed by atoms with Gasteiger partial charge >= 0.3 is 0 Å². The molecule has 5 nitrogen and oxygen atoms in total. The lowest BCUT2D eigenvalue weighted by atomic mass is 9.86. The van der Waals surface area contributed by atoms with Gasteiger partial charge in [0.2, 0.25) is 0 Å². The standard InChI is InChI=1S/C25H25BrN2O3/c1-25(2,3)21-15-18(26)9-14-22(21)31-16-23(29)27-19-10-12-20(13-11-19)28-24(30)17-7-5-4-6-8-17/h4-15H,16H2,1-3H3,(H,27,29)(H,28,30). The number of ether oxygens (including phenoxy) is 1. The average molecular weight is 481 g/mol. The number of halogens is 1. The van der Waals surface area contributed by atoms with Crippen molar-refractivity contribution in [1.82, 2.24) is 0 Å². The molecule has 6 heteroatoms. The van der Waals surface area contributed by atoms with Gasteiger partial charge in [0, 0.05) is 27.0 Å². The molecule has 0 atom stereocenters. The van der Waals surface area contributed by atoms with Crippen molar-refractivity contribution in [3.63, 3.8) is 0 Å². The second-order valence-corrected chi connectivity index (χ2v) is 9.04. The third kappa shape index (κ3) is 6.43. The van der Waals surface area contributed by atoms with Crippen LogP contribution in [0.2, 0.25) is 0 Å². The summed E-state index contributed by atoms with van der Waals surface area (Å²) in [6.07, 6.45) is 0. The zero-order valence-corrected chi connectivity index (χ0v) is 19.3. The molecule has 0 spiro atoms. The van der Waals surface area contributed by atoms with Gasteiger partial charge in [0.05, 0.1) is 0 Å². The van der Waals surface area contributed by atoms with Gasteiger partial charge in [-0.3, -0.25) is 9.59 Å². The minimum absolute atomic E-state index is 0.1000. The zero-order valence-electron chi connectivity index (χ0n) is 17.7. The van der Waals surface area contributed by atoms with Crippen molar-refractivity contribution in [2.45, 2.75) is 26.2 Å². The van der Waals surface area contributed by atoms with Gasteiger partial charge in [-0.15, -0.1) is 0 Å². The molecule has 3 aromatic rings. The van der Waals surface area contributed by atoms with Gasteiger partial charge in [-0.1, -0.05) is 54.9 Å². The molecule has 0 unspecified atom stereocenters. The van der Waals surface area contributed by atoms with Crippen LogP contribution in [0.25, 0.3) is 0 Å². The van der Waals surface area contributed by atoms with Crippen molar-refractivity contribution in [3.8, 4) is 5.75 Å². The summed E-state index contributed by atoms with van der Waals surface area (Å²) in [4.78, 5) is 24.6. The molecular weight excluding hydrogens is 456 g/mol. The largest absolute Gasteiger partial charge is 0.483 e. The molecule has 3 rings (SSSR count). The maximum atomic E-state index is 12.3. The Bertz CT molecular complexity index is 1060. The molecule has 0 aliphatic heterocycles. The van der Waals surface area contributed by atoms with Crippen LogP contribution in [0.1, 0.15) is 36.7 Å². The molecule has 2 N–H and O–H groups in total. The maximum absolute atomic E-state index is 12.3. The summed E-state index contributed by atoms with van der Waals surface area (Å²) in [6.45, 7) is 6.19. The molecular formula is C25H25BrN2O3. The van der Waals surface area contributed by atoms with E-state index in [9.17, 15) is 9.59 Å². The molecule has 0 heterocycles. The second kappa shape index (κ2) is 9.79. The molecule has 0 saturated carbocycles. The van der Waals surface area contributed by atoms with Crippen LogP contribution in [0.3, 0.4) is 0 Å². The second-order valence-electron chi connectivity index (χ2n) is 8.12. The van der Waals surface area contributed by atoms with E-state index in [0.717, 1.165) is 10.0 Å². The van der Waals surface area contributed by atoms with Crippen LogP contribution in [0, 0.1) is 0 Å². The fourth-order valence-corrected chi connectivity index (χ4v) is 3.35. The van der Waals surface area contributed by atoms with Crippen molar-refractivity contribution in [2.24, 2.45) is 0 Å². The Morgan fingerprint density at radius 1 is 0.871 bits per heavy atom. The van der Waals surface area contributed by atoms with Crippen molar-refractivity contribution in [3.05, 3.63) is 88.4 Å². The van der Waals surface area contributed by atoms with Gasteiger partial charge in [0.25, 0.3) is 11.8 Å². The first-order valence-electron chi connectivity index (χ1n) is 9.91. The highest BCUT2D eigenvalue weighted by molar-refractivity contribution is 9.10. The molecule has 31 heavy (non-hydrogen) atoms. The fraction of sp³-hybridized carbons (Fsp3) is 0.200. The molecule has 0 radical (unpaired) electrons. The summed E-state index contributed by atoms with van der Waals surface area (Å²) in [5.41, 5.74) is 2.76. The molecule has 3 aromatic carbocycles. The highest BCUT2D eigenvalue weighted by Gasteiger charge is 2.20. The molecule has 0 aliphatic rings. The summed E-state index contributed by atoms with van der Waals surface area (Å²) >= 11 is 3.49. The van der Waals surface area contributed by atoms with Crippen LogP contribution in [-0.4, -0.2) is 18.4 Å². The van der Waals surface area contributed by atoms with Crippen molar-refractivity contribution >= 4 is 39.1 Å². The van der Waals surface area contributed by atoms with Gasteiger partial charge in [-0.2, -0.15) is 0 Å². The summed E-state index contributed by atoms with van der Waals surface area (Å²) in [5.74, 6) is 0.239. The lowest BCUT2D eigenvalue weighted by Gasteiger charge is -2.23. The Morgan fingerprint density at radius 2 is 1.48 bits per heavy atom. The van der Waals surface area contributed by atoms with E-state index in [-0.39, 0.29) is 23.8 Å². The van der Waals surface area contributed by atoms with Crippen LogP contribution < -0.4 is 15.4 Å². The minimum atomic E-state index is -0.260. The van der Waals surface area contributed by atoms with Gasteiger partial charge in [0.15, 0.2) is 6.61 Å². The number of rotatable bonds is 6. The smallest absolute Gasteiger partial charge is 0.262 e. The first-order valence-corrected chi connectivity index (χ1v) is 10.7. The predicted molar refractivity (Wildman–Crippen MR) is 128 cm³/mol. The lowest BCUT2D eigenvalue weighted by Crippen LogP contribution is -2.22. The van der Waals surface area contributed by atoms with Crippen LogP contribution >= 0.6 is 15.9 Å². The first-order chi connectivity index (χ1) is 14.7. The van der Waals surface area contributed by atoms with Crippen molar-refractivity contribution < 1.29 is 14.3 Å². The minimum Gasteiger partial charge on any atom is -0.483 e. The highest BCUT2D eigenvalue weighted by Crippen LogP contribution is 2.33. The van der Waals surface area contributed by atoms with Gasteiger partial charge in [-0.05, 0) is 60.0 Å². The van der Waals surface area contributed by atoms with Crippen LogP contribution in [0.15, 0.2) is 77.3 Å². The van der Waals surface area contributed by atoms with E-state index in [1.807, 2.05) is 36.4 Å². The van der Waals surface area contributed by atoms with Crippen LogP contribution in [-0.2, 0) is 10.2 Å². The molecule has 160 valence electrons. The van der Waals surface area contributed by atoms with Gasteiger partial charge < -0.3 is 15.4 Å². The van der Waals surface area contributed by atoms with Crippen molar-refractivity contribution in [1.29, 1.82) is 0 Å². The van der Waals surface area contributed by atoms with E-state index in [2.05, 4.69) is 47.3 Å². The molecule has 0 bridgehead atoms. The molecule has 0 saturated heterocycles. The normalized spacial score (nSPS) is 11.0. The van der Waals surface area contributed by atoms with Crippen LogP contribution in [0.5, 0.6) is 5.75 Å². The van der Waals surface area contributed by atoms with E-state index in [1.165, 1.54) is 0 Å². The van der Waals surface area contributed by atoms with E-state index in [4.69, 9.17) is 4.74 Å². The number of carbonyl (C=O) groups is 2. The number of hydrogen-bond donors (Lipinski definition) is 2. The van der Waals surface area contributed by atoms with Gasteiger partial charge in [-0.25, -0.2) is 0 Å². The third-order valence-electron chi connectivity index (χ3n) is 4.57. The first kappa shape index (κ1) is 22.6. The summed E-state index contributed by atoms with van der Waals surface area (Å²) in [6, 6.07) is 21.7. The molecule has 0 aromatic heterocycles. The lowest BCUT2D eigenvalue weighted by molar-refractivity contribution is -0.118. The average Bonchev–Trinajstić information content (AvgIpc) is 2.74. The monoisotopic (exact) mass is 480 g/mol. The Hall–Kier alpha value is -3.12. The SMILES string of the molecule is CC(C)(C)c1cc(Br)ccc1OCC(=O)Nc1ccc(NC(=O)c2ccccc2)cc1. The topological polar surface area (TPSA) is 67.4 Å². The number of benzene rings is 3. The number of amides is 2. The maximum Gasteiger partial charge on any atom is 0.262 e. The van der Waals surface area contributed by atoms with Gasteiger partial charge in [0.1, 0.15) is 5.75 Å². The molecule has 2 amide bonds.